The molecule has 2 bridgehead atoms. The van der Waals surface area contributed by atoms with Crippen LogP contribution in [0.25, 0.3) is 10.8 Å². The van der Waals surface area contributed by atoms with E-state index in [0.717, 1.165) is 10.8 Å². The Hall–Kier alpha value is -4.07. The molecule has 3 aromatic carbocycles. The lowest BCUT2D eigenvalue weighted by Gasteiger charge is -2.34. The zero-order valence-electron chi connectivity index (χ0n) is 16.9. The molecular formula is C24H19N3O5. The normalized spacial score (nSPS) is 23.9. The highest BCUT2D eigenvalue weighted by molar-refractivity contribution is 6.25. The minimum Gasteiger partial charge on any atom is -0.508 e. The Morgan fingerprint density at radius 1 is 0.969 bits per heavy atom. The summed E-state index contributed by atoms with van der Waals surface area (Å²) in [6.07, 6.45) is -0.0115. The Kier molecular flexibility index (Phi) is 3.92. The molecule has 3 aliphatic rings. The molecule has 1 N–H and O–H groups in total. The number of nitrogens with zero attached hydrogens (tertiary/aromatic N) is 3. The predicted octanol–water partition coefficient (Wildman–Crippen LogP) is 3.34. The highest BCUT2D eigenvalue weighted by Crippen LogP contribution is 2.43. The van der Waals surface area contributed by atoms with Gasteiger partial charge in [0.1, 0.15) is 17.5 Å². The Balaban J connectivity index is 1.29. The average Bonchev–Trinajstić information content (AvgIpc) is 3.46. The average molecular weight is 429 g/mol. The van der Waals surface area contributed by atoms with Gasteiger partial charge in [0, 0.05) is 11.9 Å². The molecule has 3 aliphatic heterocycles. The summed E-state index contributed by atoms with van der Waals surface area (Å²) in [5.74, 6) is 0.0592. The van der Waals surface area contributed by atoms with E-state index in [1.807, 2.05) is 36.4 Å². The van der Waals surface area contributed by atoms with Crippen LogP contribution in [0.4, 0.5) is 15.3 Å². The van der Waals surface area contributed by atoms with Crippen LogP contribution in [0.2, 0.25) is 0 Å². The van der Waals surface area contributed by atoms with Gasteiger partial charge in [-0.2, -0.15) is 0 Å². The lowest BCUT2D eigenvalue weighted by Crippen LogP contribution is -2.55. The van der Waals surface area contributed by atoms with E-state index in [2.05, 4.69) is 0 Å². The smallest absolute Gasteiger partial charge is 0.415 e. The summed E-state index contributed by atoms with van der Waals surface area (Å²) < 4.78 is 5.43. The number of likely N-dealkylation sites (tertiary alicyclic amines) is 1. The molecule has 1 unspecified atom stereocenters. The van der Waals surface area contributed by atoms with E-state index in [0.29, 0.717) is 24.4 Å². The number of aromatic hydroxyl groups is 1. The Labute approximate surface area is 183 Å². The van der Waals surface area contributed by atoms with E-state index in [-0.39, 0.29) is 23.7 Å². The lowest BCUT2D eigenvalue weighted by atomic mass is 10.1. The summed E-state index contributed by atoms with van der Waals surface area (Å²) >= 11 is 0. The standard InChI is InChI=1S/C24H19N3O5/c28-16-8-10-17(11-9-16)32-24(31)25-13-15-12-20(25)21-22(29)27(23(30)26(15)21)19-7-3-5-14-4-1-2-6-18(14)19/h1-11,15,20-21,28H,12-13H2/t15-,20?,21+/m1/s1. The molecule has 3 atom stereocenters. The number of amides is 4. The number of piperazine rings is 1. The number of imide groups is 1. The summed E-state index contributed by atoms with van der Waals surface area (Å²) in [6, 6.07) is 17.3. The molecular weight excluding hydrogens is 410 g/mol. The highest BCUT2D eigenvalue weighted by Gasteiger charge is 2.63. The molecule has 4 amide bonds. The van der Waals surface area contributed by atoms with Crippen molar-refractivity contribution in [2.24, 2.45) is 0 Å². The maximum atomic E-state index is 13.5. The van der Waals surface area contributed by atoms with Gasteiger partial charge in [-0.3, -0.25) is 4.79 Å². The van der Waals surface area contributed by atoms with E-state index in [9.17, 15) is 19.5 Å². The third kappa shape index (κ3) is 2.59. The first kappa shape index (κ1) is 18.7. The molecule has 3 saturated heterocycles. The molecule has 160 valence electrons. The third-order valence-electron chi connectivity index (χ3n) is 6.55. The molecule has 3 heterocycles. The second-order valence-corrected chi connectivity index (χ2v) is 8.28. The highest BCUT2D eigenvalue weighted by atomic mass is 16.6. The van der Waals surface area contributed by atoms with Gasteiger partial charge in [-0.05, 0) is 42.1 Å². The van der Waals surface area contributed by atoms with Crippen LogP contribution in [0.5, 0.6) is 11.5 Å². The molecule has 0 radical (unpaired) electrons. The van der Waals surface area contributed by atoms with Crippen molar-refractivity contribution in [3.05, 3.63) is 66.7 Å². The molecule has 0 aliphatic carbocycles. The fraction of sp³-hybridized carbons (Fsp3) is 0.208. The van der Waals surface area contributed by atoms with E-state index in [1.54, 1.807) is 11.0 Å². The number of phenolic OH excluding ortho intramolecular Hbond substituents is 1. The Morgan fingerprint density at radius 2 is 1.72 bits per heavy atom. The molecule has 3 aromatic rings. The van der Waals surface area contributed by atoms with E-state index >= 15 is 0 Å². The fourth-order valence-electron chi connectivity index (χ4n) is 5.17. The van der Waals surface area contributed by atoms with E-state index < -0.39 is 18.2 Å². The first-order valence-corrected chi connectivity index (χ1v) is 10.4. The maximum absolute atomic E-state index is 13.5. The summed E-state index contributed by atoms with van der Waals surface area (Å²) in [5.41, 5.74) is 0.560. The van der Waals surface area contributed by atoms with Crippen molar-refractivity contribution in [1.82, 2.24) is 9.80 Å². The van der Waals surface area contributed by atoms with E-state index in [1.165, 1.54) is 34.1 Å². The van der Waals surface area contributed by atoms with Gasteiger partial charge in [-0.25, -0.2) is 14.5 Å². The molecule has 8 heteroatoms. The van der Waals surface area contributed by atoms with E-state index in [4.69, 9.17) is 4.74 Å². The van der Waals surface area contributed by atoms with Crippen molar-refractivity contribution >= 4 is 34.5 Å². The van der Waals surface area contributed by atoms with Gasteiger partial charge < -0.3 is 19.6 Å². The SMILES string of the molecule is O=C1[C@@H]2C3C[C@H](CN3C(=O)Oc3ccc(O)cc3)N2C(=O)N1c1cccc2ccccc12. The largest absolute Gasteiger partial charge is 0.508 e. The lowest BCUT2D eigenvalue weighted by molar-refractivity contribution is -0.121. The zero-order valence-corrected chi connectivity index (χ0v) is 16.9. The van der Waals surface area contributed by atoms with Crippen LogP contribution in [0, 0.1) is 0 Å². The number of phenols is 1. The van der Waals surface area contributed by atoms with Crippen molar-refractivity contribution in [2.75, 3.05) is 11.4 Å². The number of hydrogen-bond acceptors (Lipinski definition) is 5. The third-order valence-corrected chi connectivity index (χ3v) is 6.55. The summed E-state index contributed by atoms with van der Waals surface area (Å²) in [4.78, 5) is 44.0. The fourth-order valence-corrected chi connectivity index (χ4v) is 5.17. The molecule has 0 saturated carbocycles. The van der Waals surface area contributed by atoms with Gasteiger partial charge in [-0.15, -0.1) is 0 Å². The van der Waals surface area contributed by atoms with Crippen LogP contribution in [0.1, 0.15) is 6.42 Å². The quantitative estimate of drug-likeness (QED) is 0.631. The van der Waals surface area contributed by atoms with Crippen LogP contribution in [0.3, 0.4) is 0 Å². The van der Waals surface area contributed by atoms with Crippen LogP contribution in [-0.2, 0) is 4.79 Å². The van der Waals surface area contributed by atoms with Gasteiger partial charge in [-0.1, -0.05) is 36.4 Å². The molecule has 0 spiro atoms. The minimum atomic E-state index is -0.715. The van der Waals surface area contributed by atoms with Crippen molar-refractivity contribution in [2.45, 2.75) is 24.5 Å². The summed E-state index contributed by atoms with van der Waals surface area (Å²) in [7, 11) is 0. The topological polar surface area (TPSA) is 90.4 Å². The second-order valence-electron chi connectivity index (χ2n) is 8.28. The number of ether oxygens (including phenoxy) is 1. The van der Waals surface area contributed by atoms with Crippen LogP contribution < -0.4 is 9.64 Å². The number of fused-ring (bicyclic) bond motifs is 6. The molecule has 8 nitrogen and oxygen atoms in total. The number of urea groups is 1. The van der Waals surface area contributed by atoms with Crippen molar-refractivity contribution in [1.29, 1.82) is 0 Å². The number of anilines is 1. The Morgan fingerprint density at radius 3 is 2.53 bits per heavy atom. The molecule has 0 aromatic heterocycles. The first-order valence-electron chi connectivity index (χ1n) is 10.4. The van der Waals surface area contributed by atoms with Crippen LogP contribution in [-0.4, -0.2) is 57.6 Å². The van der Waals surface area contributed by atoms with Crippen LogP contribution >= 0.6 is 0 Å². The predicted molar refractivity (Wildman–Crippen MR) is 115 cm³/mol. The number of carbonyl (C=O) groups excluding carboxylic acids is 3. The van der Waals surface area contributed by atoms with Crippen molar-refractivity contribution < 1.29 is 24.2 Å². The second kappa shape index (κ2) is 6.71. The maximum Gasteiger partial charge on any atom is 0.415 e. The molecule has 6 rings (SSSR count). The van der Waals surface area contributed by atoms with Gasteiger partial charge in [0.15, 0.2) is 0 Å². The Bertz CT molecular complexity index is 1270. The van der Waals surface area contributed by atoms with Gasteiger partial charge in [0.2, 0.25) is 0 Å². The number of benzene rings is 3. The van der Waals surface area contributed by atoms with Gasteiger partial charge in [0.05, 0.1) is 17.8 Å². The monoisotopic (exact) mass is 429 g/mol. The molecule has 3 fully saturated rings. The van der Waals surface area contributed by atoms with Gasteiger partial charge in [0.25, 0.3) is 5.91 Å². The first-order chi connectivity index (χ1) is 15.5. The van der Waals surface area contributed by atoms with Crippen molar-refractivity contribution in [3.63, 3.8) is 0 Å². The van der Waals surface area contributed by atoms with Crippen LogP contribution in [0.15, 0.2) is 66.7 Å². The van der Waals surface area contributed by atoms with Gasteiger partial charge >= 0.3 is 12.1 Å². The van der Waals surface area contributed by atoms with Crippen molar-refractivity contribution in [3.8, 4) is 11.5 Å². The minimum absolute atomic E-state index is 0.0734. The summed E-state index contributed by atoms with van der Waals surface area (Å²) in [5, 5.41) is 11.2. The number of hydrogen-bond donors (Lipinski definition) is 1. The molecule has 32 heavy (non-hydrogen) atoms. The number of carbonyl (C=O) groups is 3. The number of rotatable bonds is 2. The zero-order chi connectivity index (χ0) is 22.0. The summed E-state index contributed by atoms with van der Waals surface area (Å²) in [6.45, 7) is 0.320.